The van der Waals surface area contributed by atoms with E-state index in [1.807, 2.05) is 29.4 Å². The van der Waals surface area contributed by atoms with Crippen molar-refractivity contribution in [3.63, 3.8) is 0 Å². The van der Waals surface area contributed by atoms with Crippen LogP contribution in [0.15, 0.2) is 46.8 Å². The van der Waals surface area contributed by atoms with E-state index in [0.717, 1.165) is 30.3 Å². The first-order valence-electron chi connectivity index (χ1n) is 13.8. The van der Waals surface area contributed by atoms with Gasteiger partial charge in [0.2, 0.25) is 0 Å². The molecule has 0 radical (unpaired) electrons. The third kappa shape index (κ3) is 5.18. The lowest BCUT2D eigenvalue weighted by atomic mass is 9.70. The van der Waals surface area contributed by atoms with Gasteiger partial charge in [-0.25, -0.2) is 9.98 Å². The van der Waals surface area contributed by atoms with Crippen molar-refractivity contribution in [3.05, 3.63) is 59.3 Å². The summed E-state index contributed by atoms with van der Waals surface area (Å²) in [6.07, 6.45) is 6.38. The zero-order valence-electron chi connectivity index (χ0n) is 23.0. The lowest BCUT2D eigenvalue weighted by molar-refractivity contribution is -0.141. The summed E-state index contributed by atoms with van der Waals surface area (Å²) in [5, 5.41) is 17.4. The highest BCUT2D eigenvalue weighted by Crippen LogP contribution is 2.45. The van der Waals surface area contributed by atoms with Crippen molar-refractivity contribution >= 4 is 18.1 Å². The second kappa shape index (κ2) is 11.0. The molecular formula is C28H30F3N9O2. The molecular weight excluding hydrogens is 551 g/mol. The van der Waals surface area contributed by atoms with E-state index >= 15 is 0 Å². The van der Waals surface area contributed by atoms with Crippen LogP contribution < -0.4 is 5.32 Å². The molecule has 2 aromatic rings. The number of alkyl halides is 3. The third-order valence-corrected chi connectivity index (χ3v) is 8.51. The average molecular weight is 582 g/mol. The van der Waals surface area contributed by atoms with Crippen LogP contribution in [0.2, 0.25) is 0 Å². The summed E-state index contributed by atoms with van der Waals surface area (Å²) >= 11 is 0. The van der Waals surface area contributed by atoms with Crippen LogP contribution in [0.25, 0.3) is 0 Å². The Hall–Kier alpha value is -4.09. The van der Waals surface area contributed by atoms with Crippen LogP contribution in [0.1, 0.15) is 52.6 Å². The van der Waals surface area contributed by atoms with Crippen molar-refractivity contribution < 1.29 is 22.7 Å². The fraction of sp³-hybridized carbons (Fsp3) is 0.500. The Kier molecular flexibility index (Phi) is 7.32. The van der Waals surface area contributed by atoms with Crippen molar-refractivity contribution in [2.45, 2.75) is 49.7 Å². The van der Waals surface area contributed by atoms with E-state index in [-0.39, 0.29) is 35.9 Å². The number of nitrogens with zero attached hydrogens (tertiary/aromatic N) is 8. The van der Waals surface area contributed by atoms with Crippen LogP contribution in [0, 0.1) is 17.2 Å². The molecule has 2 unspecified atom stereocenters. The Balaban J connectivity index is 1.09. The zero-order valence-corrected chi connectivity index (χ0v) is 23.0. The van der Waals surface area contributed by atoms with E-state index < -0.39 is 23.3 Å². The number of ether oxygens (including phenoxy) is 1. The summed E-state index contributed by atoms with van der Waals surface area (Å²) in [6.45, 7) is 1.84. The van der Waals surface area contributed by atoms with Crippen molar-refractivity contribution in [1.29, 1.82) is 5.26 Å². The molecule has 1 amide bonds. The number of carbonyl (C=O) groups is 1. The first-order valence-corrected chi connectivity index (χ1v) is 13.8. The van der Waals surface area contributed by atoms with Crippen LogP contribution in [-0.2, 0) is 23.1 Å². The molecule has 11 nitrogen and oxygen atoms in total. The Morgan fingerprint density at radius 3 is 2.74 bits per heavy atom. The molecule has 220 valence electrons. The topological polar surface area (TPSA) is 124 Å². The number of fused-ring (bicyclic) bond motifs is 1. The number of piperazine rings is 1. The largest absolute Gasteiger partial charge is 0.433 e. The smallest absolute Gasteiger partial charge is 0.380 e. The maximum Gasteiger partial charge on any atom is 0.433 e. The van der Waals surface area contributed by atoms with Crippen molar-refractivity contribution in [3.8, 4) is 6.07 Å². The maximum absolute atomic E-state index is 13.4. The molecule has 42 heavy (non-hydrogen) atoms. The molecule has 1 saturated heterocycles. The van der Waals surface area contributed by atoms with Crippen molar-refractivity contribution in [2.75, 3.05) is 33.3 Å². The van der Waals surface area contributed by atoms with Gasteiger partial charge in [-0.15, -0.1) is 0 Å². The predicted molar refractivity (Wildman–Crippen MR) is 145 cm³/mol. The second-order valence-corrected chi connectivity index (χ2v) is 11.1. The number of amidine groups is 1. The molecule has 2 fully saturated rings. The van der Waals surface area contributed by atoms with Gasteiger partial charge in [0.05, 0.1) is 42.8 Å². The Bertz CT molecular complexity index is 1480. The lowest BCUT2D eigenvalue weighted by Gasteiger charge is -2.52. The number of halogens is 3. The lowest BCUT2D eigenvalue weighted by Crippen LogP contribution is -2.60. The van der Waals surface area contributed by atoms with E-state index in [0.29, 0.717) is 32.6 Å². The van der Waals surface area contributed by atoms with Crippen molar-refractivity contribution in [1.82, 2.24) is 29.9 Å². The summed E-state index contributed by atoms with van der Waals surface area (Å²) < 4.78 is 47.1. The molecule has 6 rings (SSSR count). The number of carbonyl (C=O) groups excluding carboxylic acids is 1. The van der Waals surface area contributed by atoms with Gasteiger partial charge in [0.15, 0.2) is 0 Å². The number of nitrogens with one attached hydrogen (secondary N) is 1. The van der Waals surface area contributed by atoms with Crippen molar-refractivity contribution in [2.24, 2.45) is 15.9 Å². The van der Waals surface area contributed by atoms with Gasteiger partial charge < -0.3 is 15.0 Å². The molecule has 3 aliphatic heterocycles. The highest BCUT2D eigenvalue weighted by molar-refractivity contribution is 5.96. The molecule has 1 saturated carbocycles. The molecule has 1 N–H and O–H groups in total. The van der Waals surface area contributed by atoms with E-state index in [1.165, 1.54) is 13.2 Å². The van der Waals surface area contributed by atoms with E-state index in [9.17, 15) is 23.2 Å². The van der Waals surface area contributed by atoms with Gasteiger partial charge in [-0.3, -0.25) is 19.4 Å². The fourth-order valence-electron chi connectivity index (χ4n) is 6.28. The second-order valence-electron chi connectivity index (χ2n) is 11.1. The normalized spacial score (nSPS) is 27.2. The predicted octanol–water partition coefficient (Wildman–Crippen LogP) is 2.89. The van der Waals surface area contributed by atoms with Gasteiger partial charge in [0.25, 0.3) is 5.91 Å². The minimum absolute atomic E-state index is 0.0328. The van der Waals surface area contributed by atoms with Gasteiger partial charge in [0.1, 0.15) is 23.6 Å². The number of aliphatic imine (C=N–C) groups is 2. The number of amides is 1. The Labute approximate surface area is 240 Å². The zero-order chi connectivity index (χ0) is 29.5. The van der Waals surface area contributed by atoms with Crippen LogP contribution >= 0.6 is 0 Å². The molecule has 5 heterocycles. The van der Waals surface area contributed by atoms with E-state index in [1.54, 1.807) is 11.2 Å². The molecule has 0 bridgehead atoms. The molecule has 1 aliphatic carbocycles. The van der Waals surface area contributed by atoms with Gasteiger partial charge in [-0.1, -0.05) is 6.08 Å². The third-order valence-electron chi connectivity index (χ3n) is 8.51. The highest BCUT2D eigenvalue weighted by atomic mass is 19.4. The maximum atomic E-state index is 13.4. The Morgan fingerprint density at radius 1 is 1.24 bits per heavy atom. The minimum atomic E-state index is -4.67. The van der Waals surface area contributed by atoms with Crippen LogP contribution in [0.4, 0.5) is 13.2 Å². The number of hydrogen-bond donors (Lipinski definition) is 1. The first kappa shape index (κ1) is 28.0. The molecule has 14 heteroatoms. The fourth-order valence-corrected chi connectivity index (χ4v) is 6.28. The number of methoxy groups -OCH3 is 1. The SMILES string of the molecule is COCc1cc(C(=O)N2CCN(C3CC(CC#N)(n4cc(C5N=CN=C6NC=CC65)cn4)C3)CC2)nc(C(F)(F)F)c1. The monoisotopic (exact) mass is 581 g/mol. The first-order chi connectivity index (χ1) is 20.2. The van der Waals surface area contributed by atoms with Gasteiger partial charge in [-0.05, 0) is 36.7 Å². The van der Waals surface area contributed by atoms with Crippen LogP contribution in [0.3, 0.4) is 0 Å². The summed E-state index contributed by atoms with van der Waals surface area (Å²) in [6, 6.07) is 4.67. The molecule has 0 aromatic carbocycles. The van der Waals surface area contributed by atoms with Gasteiger partial charge in [0, 0.05) is 51.1 Å². The molecule has 0 spiro atoms. The van der Waals surface area contributed by atoms with Crippen LogP contribution in [0.5, 0.6) is 0 Å². The quantitative estimate of drug-likeness (QED) is 0.533. The number of hydrogen-bond acceptors (Lipinski definition) is 9. The minimum Gasteiger partial charge on any atom is -0.380 e. The van der Waals surface area contributed by atoms with Gasteiger partial charge >= 0.3 is 6.18 Å². The summed E-state index contributed by atoms with van der Waals surface area (Å²) in [4.78, 5) is 29.4. The van der Waals surface area contributed by atoms with Gasteiger partial charge in [-0.2, -0.15) is 23.5 Å². The number of nitriles is 1. The molecule has 2 atom stereocenters. The Morgan fingerprint density at radius 2 is 2.02 bits per heavy atom. The molecule has 4 aliphatic rings. The number of pyridine rings is 1. The summed E-state index contributed by atoms with van der Waals surface area (Å²) in [7, 11) is 1.38. The average Bonchev–Trinajstić information content (AvgIpc) is 3.64. The standard InChI is InChI=1S/C28H30F3N9O2/c1-42-16-18-10-22(37-23(11-18)28(29,30)31)26(41)39-8-6-38(7-9-39)20-12-27(13-20,3-4-32)40-15-19(14-36-40)24-21-2-5-33-25(21)35-17-34-24/h2,5,10-11,14-15,17,20-21,24H,3,6-9,12-13,16H2,1H3,(H,33,34,35). The van der Waals surface area contributed by atoms with Crippen LogP contribution in [-0.4, -0.2) is 82.0 Å². The summed E-state index contributed by atoms with van der Waals surface area (Å²) in [5.74, 6) is 0.362. The number of rotatable bonds is 7. The number of aromatic nitrogens is 3. The molecule has 2 aromatic heterocycles. The van der Waals surface area contributed by atoms with E-state index in [4.69, 9.17) is 4.74 Å². The van der Waals surface area contributed by atoms with E-state index in [2.05, 4.69) is 36.4 Å². The highest BCUT2D eigenvalue weighted by Gasteiger charge is 2.49. The summed E-state index contributed by atoms with van der Waals surface area (Å²) in [5.41, 5.74) is -0.567.